The summed E-state index contributed by atoms with van der Waals surface area (Å²) in [7, 11) is 1.33. The molecule has 1 aromatic heterocycles. The zero-order valence-corrected chi connectivity index (χ0v) is 21.9. The molecule has 0 aliphatic carbocycles. The molecule has 36 heavy (non-hydrogen) atoms. The van der Waals surface area contributed by atoms with Gasteiger partial charge in [0, 0.05) is 0 Å². The summed E-state index contributed by atoms with van der Waals surface area (Å²) in [4.78, 5) is 31.5. The lowest BCUT2D eigenvalue weighted by Gasteiger charge is -2.24. The van der Waals surface area contributed by atoms with Gasteiger partial charge in [-0.05, 0) is 56.5 Å². The molecule has 0 spiro atoms. The number of hydrogen-bond acceptors (Lipinski definition) is 7. The molecule has 1 aliphatic rings. The molecule has 188 valence electrons. The van der Waals surface area contributed by atoms with Gasteiger partial charge in [-0.3, -0.25) is 9.36 Å². The van der Waals surface area contributed by atoms with Gasteiger partial charge in [0.05, 0.1) is 41.7 Å². The molecule has 0 saturated heterocycles. The van der Waals surface area contributed by atoms with Crippen LogP contribution in [-0.4, -0.2) is 30.4 Å². The van der Waals surface area contributed by atoms with Crippen LogP contribution in [0.25, 0.3) is 6.08 Å². The molecule has 2 heterocycles. The van der Waals surface area contributed by atoms with Crippen LogP contribution in [0.4, 0.5) is 0 Å². The molecule has 8 heteroatoms. The first-order valence-corrected chi connectivity index (χ1v) is 12.8. The number of methoxy groups -OCH3 is 1. The predicted molar refractivity (Wildman–Crippen MR) is 140 cm³/mol. The third kappa shape index (κ3) is 4.99. The maximum atomic E-state index is 13.7. The molecule has 0 amide bonds. The van der Waals surface area contributed by atoms with Crippen LogP contribution in [0.2, 0.25) is 0 Å². The van der Waals surface area contributed by atoms with Crippen LogP contribution in [0.3, 0.4) is 0 Å². The number of esters is 1. The minimum atomic E-state index is -0.623. The molecular weight excluding hydrogens is 476 g/mol. The molecule has 2 atom stereocenters. The molecule has 1 aliphatic heterocycles. The van der Waals surface area contributed by atoms with Crippen molar-refractivity contribution in [3.05, 3.63) is 90.6 Å². The molecule has 0 fully saturated rings. The van der Waals surface area contributed by atoms with Gasteiger partial charge in [-0.2, -0.15) is 0 Å². The largest absolute Gasteiger partial charge is 0.490 e. The average molecular weight is 507 g/mol. The van der Waals surface area contributed by atoms with Crippen LogP contribution < -0.4 is 24.4 Å². The number of benzene rings is 2. The van der Waals surface area contributed by atoms with Crippen LogP contribution in [-0.2, 0) is 9.53 Å². The summed E-state index contributed by atoms with van der Waals surface area (Å²) in [6.07, 6.45) is 2.76. The minimum Gasteiger partial charge on any atom is -0.490 e. The maximum absolute atomic E-state index is 13.7. The van der Waals surface area contributed by atoms with Gasteiger partial charge in [0.25, 0.3) is 5.56 Å². The molecule has 4 rings (SSSR count). The van der Waals surface area contributed by atoms with Gasteiger partial charge in [0.2, 0.25) is 0 Å². The Balaban J connectivity index is 1.85. The van der Waals surface area contributed by atoms with E-state index in [4.69, 9.17) is 14.2 Å². The van der Waals surface area contributed by atoms with Crippen LogP contribution in [0, 0.1) is 0 Å². The highest BCUT2D eigenvalue weighted by Crippen LogP contribution is 2.31. The zero-order valence-electron chi connectivity index (χ0n) is 21.1. The number of carbonyl (C=O) groups excluding carboxylic acids is 1. The molecule has 0 saturated carbocycles. The molecule has 0 radical (unpaired) electrons. The van der Waals surface area contributed by atoms with E-state index in [0.29, 0.717) is 38.7 Å². The number of hydrogen-bond donors (Lipinski definition) is 0. The Labute approximate surface area is 214 Å². The van der Waals surface area contributed by atoms with E-state index < -0.39 is 12.0 Å². The highest BCUT2D eigenvalue weighted by molar-refractivity contribution is 7.07. The number of carbonyl (C=O) groups is 1. The average Bonchev–Trinajstić information content (AvgIpc) is 3.18. The summed E-state index contributed by atoms with van der Waals surface area (Å²) in [5.41, 5.74) is 2.28. The second-order valence-corrected chi connectivity index (χ2v) is 9.47. The summed E-state index contributed by atoms with van der Waals surface area (Å²) in [6.45, 7) is 8.26. The number of nitrogens with zero attached hydrogens (tertiary/aromatic N) is 2. The number of fused-ring (bicyclic) bond motifs is 1. The standard InChI is InChI=1S/C28H30N2O5S/c1-6-17(3)35-21-14-13-19(15-22(21)34-7-2)16-23-26(31)30-25(20-11-9-8-10-12-20)24(27(32)33-5)18(4)29-28(30)36-23/h8-17,25H,6-7H2,1-5H3/b23-16-/t17-,25-/m0/s1. The van der Waals surface area contributed by atoms with Crippen molar-refractivity contribution in [2.24, 2.45) is 4.99 Å². The molecule has 0 N–H and O–H groups in total. The van der Waals surface area contributed by atoms with Crippen LogP contribution in [0.5, 0.6) is 11.5 Å². The highest BCUT2D eigenvalue weighted by Gasteiger charge is 2.32. The Hall–Kier alpha value is -3.65. The first kappa shape index (κ1) is 25.4. The van der Waals surface area contributed by atoms with Crippen molar-refractivity contribution in [1.82, 2.24) is 4.57 Å². The quantitative estimate of drug-likeness (QED) is 0.432. The fourth-order valence-corrected chi connectivity index (χ4v) is 5.12. The molecule has 3 aromatic rings. The van der Waals surface area contributed by atoms with E-state index in [-0.39, 0.29) is 11.7 Å². The van der Waals surface area contributed by atoms with Crippen molar-refractivity contribution < 1.29 is 19.0 Å². The Kier molecular flexibility index (Phi) is 7.74. The lowest BCUT2D eigenvalue weighted by Crippen LogP contribution is -2.39. The fraction of sp³-hybridized carbons (Fsp3) is 0.321. The molecular formula is C28H30N2O5S. The summed E-state index contributed by atoms with van der Waals surface area (Å²) >= 11 is 1.29. The van der Waals surface area contributed by atoms with Gasteiger partial charge < -0.3 is 14.2 Å². The van der Waals surface area contributed by atoms with Gasteiger partial charge in [0.15, 0.2) is 16.3 Å². The normalized spacial score (nSPS) is 16.2. The van der Waals surface area contributed by atoms with Crippen molar-refractivity contribution >= 4 is 23.4 Å². The summed E-state index contributed by atoms with van der Waals surface area (Å²) < 4.78 is 18.9. The van der Waals surface area contributed by atoms with E-state index in [1.54, 1.807) is 11.5 Å². The highest BCUT2D eigenvalue weighted by atomic mass is 32.1. The van der Waals surface area contributed by atoms with Crippen molar-refractivity contribution in [1.29, 1.82) is 0 Å². The summed E-state index contributed by atoms with van der Waals surface area (Å²) in [5.74, 6) is 0.801. The van der Waals surface area contributed by atoms with Crippen molar-refractivity contribution in [2.45, 2.75) is 46.3 Å². The minimum absolute atomic E-state index is 0.0592. The Bertz CT molecular complexity index is 1470. The molecule has 0 bridgehead atoms. The van der Waals surface area contributed by atoms with E-state index in [2.05, 4.69) is 11.9 Å². The van der Waals surface area contributed by atoms with Gasteiger partial charge in [-0.25, -0.2) is 9.79 Å². The number of rotatable bonds is 8. The fourth-order valence-electron chi connectivity index (χ4n) is 4.07. The van der Waals surface area contributed by atoms with Crippen LogP contribution in [0.15, 0.2) is 69.6 Å². The van der Waals surface area contributed by atoms with E-state index in [1.807, 2.05) is 68.5 Å². The molecule has 2 aromatic carbocycles. The predicted octanol–water partition coefficient (Wildman–Crippen LogP) is 3.98. The SMILES string of the molecule is CCOc1cc(/C=c2\sc3n(c2=O)[C@@H](c2ccccc2)C(C(=O)OC)=C(C)N=3)ccc1O[C@@H](C)CC. The first-order chi connectivity index (χ1) is 17.4. The van der Waals surface area contributed by atoms with Crippen LogP contribution >= 0.6 is 11.3 Å². The van der Waals surface area contributed by atoms with E-state index >= 15 is 0 Å². The Morgan fingerprint density at radius 1 is 1.17 bits per heavy atom. The van der Waals surface area contributed by atoms with Crippen LogP contribution in [0.1, 0.15) is 51.3 Å². The number of ether oxygens (including phenoxy) is 3. The number of thiazole rings is 1. The number of allylic oxidation sites excluding steroid dienone is 1. The first-order valence-electron chi connectivity index (χ1n) is 12.0. The van der Waals surface area contributed by atoms with Gasteiger partial charge in [-0.15, -0.1) is 0 Å². The topological polar surface area (TPSA) is 79.1 Å². The lowest BCUT2D eigenvalue weighted by molar-refractivity contribution is -0.136. The second-order valence-electron chi connectivity index (χ2n) is 8.46. The third-order valence-corrected chi connectivity index (χ3v) is 6.99. The lowest BCUT2D eigenvalue weighted by atomic mass is 9.96. The third-order valence-electron chi connectivity index (χ3n) is 6.01. The Morgan fingerprint density at radius 3 is 2.58 bits per heavy atom. The zero-order chi connectivity index (χ0) is 25.8. The number of aromatic nitrogens is 1. The van der Waals surface area contributed by atoms with Crippen molar-refractivity contribution in [3.8, 4) is 11.5 Å². The van der Waals surface area contributed by atoms with E-state index in [0.717, 1.165) is 17.5 Å². The monoisotopic (exact) mass is 506 g/mol. The maximum Gasteiger partial charge on any atom is 0.338 e. The Morgan fingerprint density at radius 2 is 1.92 bits per heavy atom. The van der Waals surface area contributed by atoms with Gasteiger partial charge >= 0.3 is 5.97 Å². The van der Waals surface area contributed by atoms with Gasteiger partial charge in [0.1, 0.15) is 0 Å². The second kappa shape index (κ2) is 11.0. The molecule has 7 nitrogen and oxygen atoms in total. The van der Waals surface area contributed by atoms with E-state index in [1.165, 1.54) is 18.4 Å². The van der Waals surface area contributed by atoms with Crippen molar-refractivity contribution in [2.75, 3.05) is 13.7 Å². The van der Waals surface area contributed by atoms with Crippen molar-refractivity contribution in [3.63, 3.8) is 0 Å². The molecule has 0 unspecified atom stereocenters. The smallest absolute Gasteiger partial charge is 0.338 e. The van der Waals surface area contributed by atoms with E-state index in [9.17, 15) is 9.59 Å². The summed E-state index contributed by atoms with van der Waals surface area (Å²) in [6, 6.07) is 14.5. The summed E-state index contributed by atoms with van der Waals surface area (Å²) in [5, 5.41) is 0. The van der Waals surface area contributed by atoms with Gasteiger partial charge in [-0.1, -0.05) is 54.7 Å².